The molecule has 2 N–H and O–H groups in total. The summed E-state index contributed by atoms with van der Waals surface area (Å²) in [7, 11) is 1.92. The maximum atomic E-state index is 11.1. The Bertz CT molecular complexity index is 342. The quantitative estimate of drug-likeness (QED) is 0.533. The van der Waals surface area contributed by atoms with Gasteiger partial charge in [-0.1, -0.05) is 19.1 Å². The number of likely N-dealkylation sites (N-methyl/N-ethyl adjacent to an activating group) is 1. The van der Waals surface area contributed by atoms with Crippen molar-refractivity contribution < 1.29 is 4.79 Å². The molecule has 0 radical (unpaired) electrons. The third-order valence-corrected chi connectivity index (χ3v) is 3.00. The van der Waals surface area contributed by atoms with E-state index in [0.717, 1.165) is 30.4 Å². The predicted molar refractivity (Wildman–Crippen MR) is 68.7 cm³/mol. The number of nitrogens with zero attached hydrogens (tertiary/aromatic N) is 1. The van der Waals surface area contributed by atoms with E-state index in [0.29, 0.717) is 12.5 Å². The molecule has 0 spiro atoms. The van der Waals surface area contributed by atoms with Crippen LogP contribution >= 0.6 is 0 Å². The second-order valence-electron chi connectivity index (χ2n) is 4.29. The first kappa shape index (κ1) is 13.6. The number of imidazole rings is 1. The highest BCUT2D eigenvalue weighted by molar-refractivity contribution is 5.54. The summed E-state index contributed by atoms with van der Waals surface area (Å²) in [5.41, 5.74) is 2.08. The molecular weight excluding hydrogens is 214 g/mol. The minimum atomic E-state index is -0.0228. The van der Waals surface area contributed by atoms with Crippen molar-refractivity contribution in [3.8, 4) is 0 Å². The highest BCUT2D eigenvalue weighted by Crippen LogP contribution is 2.17. The van der Waals surface area contributed by atoms with Gasteiger partial charge in [0.1, 0.15) is 6.29 Å². The predicted octanol–water partition coefficient (Wildman–Crippen LogP) is 1.71. The summed E-state index contributed by atoms with van der Waals surface area (Å²) in [6.45, 7) is 6.17. The van der Waals surface area contributed by atoms with Crippen LogP contribution in [0.2, 0.25) is 0 Å². The van der Waals surface area contributed by atoms with Gasteiger partial charge in [-0.3, -0.25) is 0 Å². The van der Waals surface area contributed by atoms with E-state index in [2.05, 4.69) is 28.8 Å². The Balaban J connectivity index is 2.52. The first-order valence-corrected chi connectivity index (χ1v) is 5.98. The fraction of sp³-hybridized carbons (Fsp3) is 0.538. The summed E-state index contributed by atoms with van der Waals surface area (Å²) in [5.74, 6) is -0.0228. The zero-order chi connectivity index (χ0) is 12.7. The molecule has 0 saturated heterocycles. The Morgan fingerprint density at radius 2 is 2.47 bits per heavy atom. The number of aromatic nitrogens is 2. The van der Waals surface area contributed by atoms with Crippen molar-refractivity contribution in [2.75, 3.05) is 7.05 Å². The highest BCUT2D eigenvalue weighted by Gasteiger charge is 2.15. The van der Waals surface area contributed by atoms with E-state index in [-0.39, 0.29) is 5.92 Å². The lowest BCUT2D eigenvalue weighted by molar-refractivity contribution is -0.111. The van der Waals surface area contributed by atoms with Crippen molar-refractivity contribution in [3.63, 3.8) is 0 Å². The van der Waals surface area contributed by atoms with Crippen LogP contribution in [0, 0.1) is 5.92 Å². The molecule has 0 bridgehead atoms. The molecule has 1 rings (SSSR count). The van der Waals surface area contributed by atoms with Crippen LogP contribution in [0.1, 0.15) is 25.5 Å². The first-order valence-electron chi connectivity index (χ1n) is 5.98. The van der Waals surface area contributed by atoms with E-state index in [9.17, 15) is 4.79 Å². The first-order chi connectivity index (χ1) is 8.21. The van der Waals surface area contributed by atoms with Gasteiger partial charge in [0, 0.05) is 23.9 Å². The SMILES string of the molecule is C=C(CC(C=O)Cc1cnc[nH]1)C(CC)NC. The molecule has 17 heavy (non-hydrogen) atoms. The molecule has 1 aromatic heterocycles. The molecule has 1 heterocycles. The molecule has 0 saturated carbocycles. The number of H-pyrrole nitrogens is 1. The van der Waals surface area contributed by atoms with Gasteiger partial charge in [0.25, 0.3) is 0 Å². The van der Waals surface area contributed by atoms with Crippen molar-refractivity contribution in [3.05, 3.63) is 30.4 Å². The lowest BCUT2D eigenvalue weighted by atomic mass is 9.92. The van der Waals surface area contributed by atoms with E-state index in [4.69, 9.17) is 0 Å². The molecule has 94 valence electrons. The highest BCUT2D eigenvalue weighted by atomic mass is 16.1. The number of hydrogen-bond donors (Lipinski definition) is 2. The normalized spacial score (nSPS) is 14.2. The van der Waals surface area contributed by atoms with Crippen LogP contribution < -0.4 is 5.32 Å². The number of carbonyl (C=O) groups is 1. The van der Waals surface area contributed by atoms with E-state index < -0.39 is 0 Å². The molecule has 0 aliphatic carbocycles. The summed E-state index contributed by atoms with van der Waals surface area (Å²) in [6, 6.07) is 0.291. The summed E-state index contributed by atoms with van der Waals surface area (Å²) in [5, 5.41) is 3.20. The van der Waals surface area contributed by atoms with E-state index in [1.807, 2.05) is 7.05 Å². The Hall–Kier alpha value is -1.42. The van der Waals surface area contributed by atoms with E-state index >= 15 is 0 Å². The summed E-state index contributed by atoms with van der Waals surface area (Å²) >= 11 is 0. The number of carbonyl (C=O) groups excluding carboxylic acids is 1. The monoisotopic (exact) mass is 235 g/mol. The molecule has 2 atom stereocenters. The van der Waals surface area contributed by atoms with Gasteiger partial charge in [0.15, 0.2) is 0 Å². The molecule has 4 heteroatoms. The third-order valence-electron chi connectivity index (χ3n) is 3.00. The average molecular weight is 235 g/mol. The minimum Gasteiger partial charge on any atom is -0.348 e. The Kier molecular flexibility index (Phi) is 5.63. The van der Waals surface area contributed by atoms with Gasteiger partial charge in [-0.15, -0.1) is 0 Å². The van der Waals surface area contributed by atoms with E-state index in [1.54, 1.807) is 12.5 Å². The van der Waals surface area contributed by atoms with Crippen LogP contribution in [0.15, 0.2) is 24.7 Å². The van der Waals surface area contributed by atoms with Crippen LogP contribution in [-0.4, -0.2) is 29.3 Å². The zero-order valence-electron chi connectivity index (χ0n) is 10.6. The second kappa shape index (κ2) is 7.01. The summed E-state index contributed by atoms with van der Waals surface area (Å²) in [4.78, 5) is 18.0. The van der Waals surface area contributed by atoms with E-state index in [1.165, 1.54) is 0 Å². The van der Waals surface area contributed by atoms with Gasteiger partial charge in [0.05, 0.1) is 6.33 Å². The van der Waals surface area contributed by atoms with Gasteiger partial charge in [-0.25, -0.2) is 4.98 Å². The maximum absolute atomic E-state index is 11.1. The molecule has 0 aliphatic rings. The fourth-order valence-electron chi connectivity index (χ4n) is 2.02. The lowest BCUT2D eigenvalue weighted by Crippen LogP contribution is -2.27. The van der Waals surface area contributed by atoms with Crippen molar-refractivity contribution in [1.29, 1.82) is 0 Å². The molecular formula is C13H21N3O. The van der Waals surface area contributed by atoms with Gasteiger partial charge in [0.2, 0.25) is 0 Å². The van der Waals surface area contributed by atoms with Crippen LogP contribution in [-0.2, 0) is 11.2 Å². The Morgan fingerprint density at radius 1 is 1.71 bits per heavy atom. The standard InChI is InChI=1S/C13H21N3O/c1-4-13(14-3)10(2)5-11(8-17)6-12-7-15-9-16-12/h7-9,11,13-14H,2,4-6H2,1,3H3,(H,15,16). The van der Waals surface area contributed by atoms with Crippen molar-refractivity contribution in [2.24, 2.45) is 5.92 Å². The second-order valence-corrected chi connectivity index (χ2v) is 4.29. The van der Waals surface area contributed by atoms with Gasteiger partial charge in [-0.2, -0.15) is 0 Å². The summed E-state index contributed by atoms with van der Waals surface area (Å²) in [6.07, 6.45) is 6.81. The molecule has 1 aromatic rings. The Labute approximate surface area is 103 Å². The van der Waals surface area contributed by atoms with Crippen LogP contribution in [0.5, 0.6) is 0 Å². The molecule has 0 fully saturated rings. The number of aromatic amines is 1. The Morgan fingerprint density at radius 3 is 2.94 bits per heavy atom. The van der Waals surface area contributed by atoms with Crippen LogP contribution in [0.4, 0.5) is 0 Å². The summed E-state index contributed by atoms with van der Waals surface area (Å²) < 4.78 is 0. The van der Waals surface area contributed by atoms with Crippen LogP contribution in [0.25, 0.3) is 0 Å². The largest absolute Gasteiger partial charge is 0.348 e. The number of nitrogens with one attached hydrogen (secondary N) is 2. The maximum Gasteiger partial charge on any atom is 0.123 e. The fourth-order valence-corrected chi connectivity index (χ4v) is 2.02. The average Bonchev–Trinajstić information content (AvgIpc) is 2.82. The minimum absolute atomic E-state index is 0.0228. The van der Waals surface area contributed by atoms with Gasteiger partial charge < -0.3 is 15.1 Å². The number of aldehydes is 1. The van der Waals surface area contributed by atoms with Crippen molar-refractivity contribution in [1.82, 2.24) is 15.3 Å². The molecule has 4 nitrogen and oxygen atoms in total. The zero-order valence-corrected chi connectivity index (χ0v) is 10.6. The molecule has 0 aliphatic heterocycles. The number of rotatable bonds is 8. The smallest absolute Gasteiger partial charge is 0.123 e. The van der Waals surface area contributed by atoms with Gasteiger partial charge >= 0.3 is 0 Å². The molecule has 0 amide bonds. The molecule has 2 unspecified atom stereocenters. The topological polar surface area (TPSA) is 57.8 Å². The van der Waals surface area contributed by atoms with Crippen LogP contribution in [0.3, 0.4) is 0 Å². The van der Waals surface area contributed by atoms with Crippen molar-refractivity contribution in [2.45, 2.75) is 32.2 Å². The molecule has 0 aromatic carbocycles. The number of hydrogen-bond acceptors (Lipinski definition) is 3. The third kappa shape index (κ3) is 4.15. The van der Waals surface area contributed by atoms with Gasteiger partial charge in [-0.05, 0) is 26.3 Å². The van der Waals surface area contributed by atoms with Crippen molar-refractivity contribution >= 4 is 6.29 Å². The lowest BCUT2D eigenvalue weighted by Gasteiger charge is -2.19.